The van der Waals surface area contributed by atoms with E-state index in [1.165, 1.54) is 0 Å². The maximum absolute atomic E-state index is 13.6. The van der Waals surface area contributed by atoms with Crippen molar-refractivity contribution < 1.29 is 14.0 Å². The molecule has 1 aromatic heterocycles. The lowest BCUT2D eigenvalue weighted by Gasteiger charge is -2.29. The van der Waals surface area contributed by atoms with Crippen molar-refractivity contribution in [2.45, 2.75) is 24.9 Å². The van der Waals surface area contributed by atoms with E-state index in [0.717, 1.165) is 21.9 Å². The number of aromatic nitrogens is 2. The van der Waals surface area contributed by atoms with Crippen LogP contribution < -0.4 is 11.1 Å². The quantitative estimate of drug-likeness (QED) is 0.399. The fraction of sp³-hybridized carbons (Fsp3) is 0.231. The third-order valence-corrected chi connectivity index (χ3v) is 5.92. The number of carbonyl (C=O) groups excluding carboxylic acids is 2. The van der Waals surface area contributed by atoms with Crippen molar-refractivity contribution >= 4 is 22.6 Å². The molecule has 8 heteroatoms. The second-order valence-electron chi connectivity index (χ2n) is 8.19. The molecule has 0 bridgehead atoms. The molecule has 0 aliphatic heterocycles. The van der Waals surface area contributed by atoms with E-state index in [2.05, 4.69) is 39.8 Å². The highest BCUT2D eigenvalue weighted by atomic mass is 16.4. The summed E-state index contributed by atoms with van der Waals surface area (Å²) in [6.07, 6.45) is 0.953. The number of amides is 2. The molecule has 174 valence electrons. The van der Waals surface area contributed by atoms with Gasteiger partial charge in [0, 0.05) is 13.5 Å². The number of nitrogens with one attached hydrogen (secondary N) is 1. The van der Waals surface area contributed by atoms with E-state index in [4.69, 9.17) is 10.2 Å². The molecule has 3 N–H and O–H groups in total. The predicted molar refractivity (Wildman–Crippen MR) is 129 cm³/mol. The topological polar surface area (TPSA) is 114 Å². The Morgan fingerprint density at radius 2 is 1.65 bits per heavy atom. The summed E-state index contributed by atoms with van der Waals surface area (Å²) in [5.74, 6) is -1.06. The van der Waals surface area contributed by atoms with Gasteiger partial charge in [-0.3, -0.25) is 9.59 Å². The van der Waals surface area contributed by atoms with Crippen LogP contribution in [0.2, 0.25) is 0 Å². The largest absolute Gasteiger partial charge is 0.415 e. The maximum Gasteiger partial charge on any atom is 0.306 e. The summed E-state index contributed by atoms with van der Waals surface area (Å²) in [7, 11) is 3.47. The minimum atomic E-state index is -0.810. The highest BCUT2D eigenvalue weighted by Gasteiger charge is 2.31. The third-order valence-electron chi connectivity index (χ3n) is 5.92. The fourth-order valence-corrected chi connectivity index (χ4v) is 4.01. The van der Waals surface area contributed by atoms with Crippen LogP contribution in [0.5, 0.6) is 0 Å². The summed E-state index contributed by atoms with van der Waals surface area (Å²) in [5, 5.41) is 13.2. The van der Waals surface area contributed by atoms with Gasteiger partial charge in [-0.05, 0) is 35.4 Å². The molecule has 8 nitrogen and oxygen atoms in total. The average Bonchev–Trinajstić information content (AvgIpc) is 3.36. The van der Waals surface area contributed by atoms with Crippen LogP contribution in [0.15, 0.2) is 77.2 Å². The Bertz CT molecular complexity index is 1290. The highest BCUT2D eigenvalue weighted by Crippen LogP contribution is 2.25. The van der Waals surface area contributed by atoms with Crippen molar-refractivity contribution in [1.82, 2.24) is 20.4 Å². The molecule has 3 aromatic carbocycles. The molecule has 34 heavy (non-hydrogen) atoms. The highest BCUT2D eigenvalue weighted by molar-refractivity contribution is 5.87. The molecule has 4 aromatic rings. The standard InChI is InChI=1S/C26H27N5O3/c1-28-21(15-18-12-13-19-10-6-7-11-20(19)14-18)26(33)31(2)22(16-17-8-4-3-5-9-17)24-29-30-25(34-24)23(27)32/h3-14,21-22,28H,15-16H2,1-2H3,(H2,27,32)/t21-,22-/m1/s1. The Labute approximate surface area is 197 Å². The number of hydrogen-bond acceptors (Lipinski definition) is 6. The minimum absolute atomic E-state index is 0.129. The number of nitrogens with zero attached hydrogens (tertiary/aromatic N) is 3. The van der Waals surface area contributed by atoms with Crippen LogP contribution in [-0.2, 0) is 17.6 Å². The molecule has 0 fully saturated rings. The molecule has 2 amide bonds. The number of primary amides is 1. The van der Waals surface area contributed by atoms with E-state index in [1.807, 2.05) is 48.5 Å². The molecular weight excluding hydrogens is 430 g/mol. The van der Waals surface area contributed by atoms with Crippen LogP contribution in [0.3, 0.4) is 0 Å². The summed E-state index contributed by atoms with van der Waals surface area (Å²) in [5.41, 5.74) is 7.32. The third kappa shape index (κ3) is 5.13. The van der Waals surface area contributed by atoms with E-state index in [0.29, 0.717) is 12.8 Å². The lowest BCUT2D eigenvalue weighted by Crippen LogP contribution is -2.46. The molecule has 1 heterocycles. The average molecular weight is 458 g/mol. The lowest BCUT2D eigenvalue weighted by molar-refractivity contribution is -0.134. The monoisotopic (exact) mass is 457 g/mol. The number of fused-ring (bicyclic) bond motifs is 1. The number of nitrogens with two attached hydrogens (primary N) is 1. The van der Waals surface area contributed by atoms with Crippen molar-refractivity contribution in [2.75, 3.05) is 14.1 Å². The molecule has 0 unspecified atom stereocenters. The number of carbonyl (C=O) groups is 2. The first-order chi connectivity index (χ1) is 16.5. The fourth-order valence-electron chi connectivity index (χ4n) is 4.01. The molecule has 0 saturated heterocycles. The van der Waals surface area contributed by atoms with Crippen molar-refractivity contribution in [1.29, 1.82) is 0 Å². The van der Waals surface area contributed by atoms with Crippen LogP contribution in [0, 0.1) is 0 Å². The second-order valence-corrected chi connectivity index (χ2v) is 8.19. The second kappa shape index (κ2) is 10.3. The van der Waals surface area contributed by atoms with Gasteiger partial charge in [-0.25, -0.2) is 0 Å². The molecule has 0 radical (unpaired) electrons. The van der Waals surface area contributed by atoms with Gasteiger partial charge in [0.1, 0.15) is 6.04 Å². The Morgan fingerprint density at radius 3 is 2.32 bits per heavy atom. The van der Waals surface area contributed by atoms with Gasteiger partial charge in [-0.15, -0.1) is 10.2 Å². The summed E-state index contributed by atoms with van der Waals surface area (Å²) >= 11 is 0. The number of likely N-dealkylation sites (N-methyl/N-ethyl adjacent to an activating group) is 2. The van der Waals surface area contributed by atoms with Gasteiger partial charge in [-0.1, -0.05) is 72.8 Å². The van der Waals surface area contributed by atoms with Gasteiger partial charge in [-0.2, -0.15) is 0 Å². The first-order valence-electron chi connectivity index (χ1n) is 11.0. The predicted octanol–water partition coefficient (Wildman–Crippen LogP) is 2.89. The number of rotatable bonds is 9. The van der Waals surface area contributed by atoms with E-state index >= 15 is 0 Å². The zero-order valence-electron chi connectivity index (χ0n) is 19.1. The lowest BCUT2D eigenvalue weighted by atomic mass is 9.99. The Balaban J connectivity index is 1.59. The van der Waals surface area contributed by atoms with Crippen LogP contribution in [0.25, 0.3) is 10.8 Å². The van der Waals surface area contributed by atoms with E-state index in [9.17, 15) is 9.59 Å². The van der Waals surface area contributed by atoms with Crippen LogP contribution in [0.1, 0.15) is 33.7 Å². The first-order valence-corrected chi connectivity index (χ1v) is 11.0. The van der Waals surface area contributed by atoms with Gasteiger partial charge in [0.25, 0.3) is 0 Å². The van der Waals surface area contributed by atoms with E-state index in [1.54, 1.807) is 19.0 Å². The molecule has 4 rings (SSSR count). The van der Waals surface area contributed by atoms with Gasteiger partial charge >= 0.3 is 11.8 Å². The Hall–Kier alpha value is -4.04. The van der Waals surface area contributed by atoms with Gasteiger partial charge < -0.3 is 20.4 Å². The molecule has 0 aliphatic carbocycles. The normalized spacial score (nSPS) is 12.9. The van der Waals surface area contributed by atoms with Crippen molar-refractivity contribution in [3.63, 3.8) is 0 Å². The first kappa shape index (κ1) is 23.1. The summed E-state index contributed by atoms with van der Waals surface area (Å²) < 4.78 is 5.52. The molecule has 2 atom stereocenters. The van der Waals surface area contributed by atoms with Gasteiger partial charge in [0.15, 0.2) is 0 Å². The van der Waals surface area contributed by atoms with E-state index < -0.39 is 18.0 Å². The van der Waals surface area contributed by atoms with Crippen LogP contribution in [-0.4, -0.2) is 47.0 Å². The maximum atomic E-state index is 13.6. The zero-order valence-corrected chi connectivity index (χ0v) is 19.1. The Morgan fingerprint density at radius 1 is 0.941 bits per heavy atom. The number of benzene rings is 3. The van der Waals surface area contributed by atoms with Crippen molar-refractivity contribution in [3.8, 4) is 0 Å². The van der Waals surface area contributed by atoms with Gasteiger partial charge in [0.05, 0.1) is 6.04 Å². The SMILES string of the molecule is CN[C@H](Cc1ccc2ccccc2c1)C(=O)N(C)[C@H](Cc1ccccc1)c1nnc(C(N)=O)o1. The van der Waals surface area contributed by atoms with Crippen LogP contribution in [0.4, 0.5) is 0 Å². The summed E-state index contributed by atoms with van der Waals surface area (Å²) in [6, 6.07) is 23.0. The Kier molecular flexibility index (Phi) is 6.98. The smallest absolute Gasteiger partial charge is 0.306 e. The number of hydrogen-bond donors (Lipinski definition) is 2. The summed E-state index contributed by atoms with van der Waals surface area (Å²) in [4.78, 5) is 26.6. The molecule has 0 spiro atoms. The van der Waals surface area contributed by atoms with E-state index in [-0.39, 0.29) is 17.7 Å². The molecule has 0 aliphatic rings. The molecule has 0 saturated carbocycles. The minimum Gasteiger partial charge on any atom is -0.415 e. The van der Waals surface area contributed by atoms with Crippen molar-refractivity contribution in [3.05, 3.63) is 95.7 Å². The molecular formula is C26H27N5O3. The van der Waals surface area contributed by atoms with Gasteiger partial charge in [0.2, 0.25) is 11.8 Å². The zero-order chi connectivity index (χ0) is 24.1. The summed E-state index contributed by atoms with van der Waals surface area (Å²) in [6.45, 7) is 0. The van der Waals surface area contributed by atoms with Crippen molar-refractivity contribution in [2.24, 2.45) is 5.73 Å². The van der Waals surface area contributed by atoms with Crippen LogP contribution >= 0.6 is 0 Å².